The zero-order valence-electron chi connectivity index (χ0n) is 8.97. The van der Waals surface area contributed by atoms with E-state index >= 15 is 0 Å². The molecule has 1 amide bonds. The van der Waals surface area contributed by atoms with Crippen LogP contribution in [0, 0.1) is 0 Å². The van der Waals surface area contributed by atoms with Gasteiger partial charge in [0.25, 0.3) is 0 Å². The summed E-state index contributed by atoms with van der Waals surface area (Å²) in [5.74, 6) is -0.244. The summed E-state index contributed by atoms with van der Waals surface area (Å²) in [7, 11) is 0. The molecular formula is C11H14Cl2N2O. The van der Waals surface area contributed by atoms with Crippen LogP contribution in [0.5, 0.6) is 0 Å². The minimum absolute atomic E-state index is 0.244. The third kappa shape index (κ3) is 3.37. The third-order valence-corrected chi connectivity index (χ3v) is 2.96. The highest BCUT2D eigenvalue weighted by Crippen LogP contribution is 2.29. The number of nitrogens with one attached hydrogen (secondary N) is 1. The Labute approximate surface area is 105 Å². The van der Waals surface area contributed by atoms with Gasteiger partial charge >= 0.3 is 0 Å². The van der Waals surface area contributed by atoms with Gasteiger partial charge in [-0.2, -0.15) is 0 Å². The summed E-state index contributed by atoms with van der Waals surface area (Å²) in [6.45, 7) is 1.97. The number of hydrogen-bond acceptors (Lipinski definition) is 2. The number of carbonyl (C=O) groups excluding carboxylic acids is 1. The van der Waals surface area contributed by atoms with Crippen LogP contribution < -0.4 is 11.1 Å². The van der Waals surface area contributed by atoms with Crippen LogP contribution in [0.4, 0.5) is 5.69 Å². The molecule has 0 fully saturated rings. The van der Waals surface area contributed by atoms with Crippen LogP contribution in [0.25, 0.3) is 0 Å². The molecule has 1 aromatic carbocycles. The van der Waals surface area contributed by atoms with Crippen LogP contribution in [0.15, 0.2) is 18.2 Å². The Morgan fingerprint density at radius 1 is 1.50 bits per heavy atom. The molecule has 0 aliphatic heterocycles. The molecule has 88 valence electrons. The summed E-state index contributed by atoms with van der Waals surface area (Å²) in [5.41, 5.74) is 6.17. The van der Waals surface area contributed by atoms with E-state index in [1.807, 2.05) is 6.92 Å². The Morgan fingerprint density at radius 2 is 2.19 bits per heavy atom. The first-order valence-corrected chi connectivity index (χ1v) is 5.82. The zero-order chi connectivity index (χ0) is 12.1. The number of amides is 1. The maximum Gasteiger partial charge on any atom is 0.241 e. The highest BCUT2D eigenvalue weighted by atomic mass is 35.5. The maximum atomic E-state index is 11.6. The molecule has 0 aliphatic rings. The zero-order valence-corrected chi connectivity index (χ0v) is 10.5. The van der Waals surface area contributed by atoms with Gasteiger partial charge in [-0.15, -0.1) is 0 Å². The summed E-state index contributed by atoms with van der Waals surface area (Å²) in [5, 5.41) is 3.40. The van der Waals surface area contributed by atoms with Gasteiger partial charge in [-0.3, -0.25) is 4.79 Å². The van der Waals surface area contributed by atoms with Gasteiger partial charge in [0.05, 0.1) is 21.8 Å². The van der Waals surface area contributed by atoms with E-state index < -0.39 is 6.04 Å². The predicted octanol–water partition coefficient (Wildman–Crippen LogP) is 3.06. The second kappa shape index (κ2) is 6.09. The molecule has 0 spiro atoms. The van der Waals surface area contributed by atoms with E-state index in [4.69, 9.17) is 28.9 Å². The Hall–Kier alpha value is -0.770. The van der Waals surface area contributed by atoms with E-state index in [0.717, 1.165) is 6.42 Å². The molecule has 0 heterocycles. The van der Waals surface area contributed by atoms with Crippen molar-refractivity contribution in [1.29, 1.82) is 0 Å². The van der Waals surface area contributed by atoms with Crippen LogP contribution in [0.2, 0.25) is 10.0 Å². The number of rotatable bonds is 4. The highest BCUT2D eigenvalue weighted by molar-refractivity contribution is 6.44. The van der Waals surface area contributed by atoms with Crippen LogP contribution >= 0.6 is 23.2 Å². The number of hydrogen-bond donors (Lipinski definition) is 2. The number of carbonyl (C=O) groups is 1. The van der Waals surface area contributed by atoms with Gasteiger partial charge < -0.3 is 11.1 Å². The minimum Gasteiger partial charge on any atom is -0.323 e. The lowest BCUT2D eigenvalue weighted by atomic mass is 10.1. The molecule has 1 rings (SSSR count). The standard InChI is InChI=1S/C11H14Cl2N2O/c1-2-4-8(14)11(16)15-9-6-3-5-7(12)10(9)13/h3,5-6,8H,2,4,14H2,1H3,(H,15,16)/t8-/m1/s1. The molecule has 5 heteroatoms. The molecule has 0 bridgehead atoms. The fourth-order valence-electron chi connectivity index (χ4n) is 1.27. The Bertz CT molecular complexity index is 382. The number of anilines is 1. The van der Waals surface area contributed by atoms with Crippen molar-refractivity contribution >= 4 is 34.8 Å². The minimum atomic E-state index is -0.514. The summed E-state index contributed by atoms with van der Waals surface area (Å²) in [4.78, 5) is 11.6. The molecule has 0 unspecified atom stereocenters. The average molecular weight is 261 g/mol. The molecule has 0 aromatic heterocycles. The molecule has 3 N–H and O–H groups in total. The molecule has 0 aliphatic carbocycles. The van der Waals surface area contributed by atoms with Crippen molar-refractivity contribution in [2.45, 2.75) is 25.8 Å². The van der Waals surface area contributed by atoms with Gasteiger partial charge in [-0.1, -0.05) is 42.6 Å². The van der Waals surface area contributed by atoms with Gasteiger partial charge in [-0.05, 0) is 18.6 Å². The lowest BCUT2D eigenvalue weighted by Crippen LogP contribution is -2.35. The topological polar surface area (TPSA) is 55.1 Å². The SMILES string of the molecule is CCC[C@@H](N)C(=O)Nc1cccc(Cl)c1Cl. The Kier molecular flexibility index (Phi) is 5.06. The van der Waals surface area contributed by atoms with E-state index in [-0.39, 0.29) is 5.91 Å². The fraction of sp³-hybridized carbons (Fsp3) is 0.364. The third-order valence-electron chi connectivity index (χ3n) is 2.15. The monoisotopic (exact) mass is 260 g/mol. The van der Waals surface area contributed by atoms with E-state index in [1.54, 1.807) is 18.2 Å². The average Bonchev–Trinajstić information content (AvgIpc) is 2.25. The van der Waals surface area contributed by atoms with Gasteiger partial charge in [-0.25, -0.2) is 0 Å². The van der Waals surface area contributed by atoms with Crippen molar-refractivity contribution in [2.24, 2.45) is 5.73 Å². The van der Waals surface area contributed by atoms with Gasteiger partial charge in [0.15, 0.2) is 0 Å². The van der Waals surface area contributed by atoms with Crippen molar-refractivity contribution in [3.8, 4) is 0 Å². The lowest BCUT2D eigenvalue weighted by Gasteiger charge is -2.12. The molecule has 1 aromatic rings. The maximum absolute atomic E-state index is 11.6. The van der Waals surface area contributed by atoms with Crippen LogP contribution in [0.1, 0.15) is 19.8 Å². The first-order valence-electron chi connectivity index (χ1n) is 5.06. The molecular weight excluding hydrogens is 247 g/mol. The predicted molar refractivity (Wildman–Crippen MR) is 68.0 cm³/mol. The molecule has 16 heavy (non-hydrogen) atoms. The molecule has 0 saturated carbocycles. The molecule has 0 radical (unpaired) electrons. The van der Waals surface area contributed by atoms with Crippen LogP contribution in [-0.2, 0) is 4.79 Å². The fourth-order valence-corrected chi connectivity index (χ4v) is 1.62. The van der Waals surface area contributed by atoms with Crippen molar-refractivity contribution in [2.75, 3.05) is 5.32 Å². The summed E-state index contributed by atoms with van der Waals surface area (Å²) >= 11 is 11.8. The largest absolute Gasteiger partial charge is 0.323 e. The van der Waals surface area contributed by atoms with Gasteiger partial charge in [0.2, 0.25) is 5.91 Å². The van der Waals surface area contributed by atoms with Gasteiger partial charge in [0, 0.05) is 0 Å². The number of benzene rings is 1. The quantitative estimate of drug-likeness (QED) is 0.875. The first-order chi connectivity index (χ1) is 7.56. The van der Waals surface area contributed by atoms with Crippen molar-refractivity contribution in [3.63, 3.8) is 0 Å². The molecule has 3 nitrogen and oxygen atoms in total. The second-order valence-electron chi connectivity index (χ2n) is 3.49. The first kappa shape index (κ1) is 13.3. The molecule has 1 atom stereocenters. The highest BCUT2D eigenvalue weighted by Gasteiger charge is 2.14. The summed E-state index contributed by atoms with van der Waals surface area (Å²) < 4.78 is 0. The van der Waals surface area contributed by atoms with E-state index in [9.17, 15) is 4.79 Å². The van der Waals surface area contributed by atoms with Crippen LogP contribution in [0.3, 0.4) is 0 Å². The number of nitrogens with two attached hydrogens (primary N) is 1. The van der Waals surface area contributed by atoms with Crippen LogP contribution in [-0.4, -0.2) is 11.9 Å². The van der Waals surface area contributed by atoms with Gasteiger partial charge in [0.1, 0.15) is 0 Å². The van der Waals surface area contributed by atoms with E-state index in [1.165, 1.54) is 0 Å². The Balaban J connectivity index is 2.73. The van der Waals surface area contributed by atoms with Crippen molar-refractivity contribution < 1.29 is 4.79 Å². The summed E-state index contributed by atoms with van der Waals surface area (Å²) in [6.07, 6.45) is 1.50. The second-order valence-corrected chi connectivity index (χ2v) is 4.27. The number of halogens is 2. The van der Waals surface area contributed by atoms with Crippen molar-refractivity contribution in [3.05, 3.63) is 28.2 Å². The van der Waals surface area contributed by atoms with E-state index in [0.29, 0.717) is 22.2 Å². The smallest absolute Gasteiger partial charge is 0.241 e. The van der Waals surface area contributed by atoms with Crippen molar-refractivity contribution in [1.82, 2.24) is 0 Å². The lowest BCUT2D eigenvalue weighted by molar-refractivity contribution is -0.117. The van der Waals surface area contributed by atoms with E-state index in [2.05, 4.69) is 5.32 Å². The summed E-state index contributed by atoms with van der Waals surface area (Å²) in [6, 6.07) is 4.55. The Morgan fingerprint density at radius 3 is 2.81 bits per heavy atom. The molecule has 0 saturated heterocycles. The normalized spacial score (nSPS) is 12.2.